The summed E-state index contributed by atoms with van der Waals surface area (Å²) in [4.78, 5) is 50.8. The van der Waals surface area contributed by atoms with Gasteiger partial charge in [-0.15, -0.1) is 0 Å². The van der Waals surface area contributed by atoms with Crippen LogP contribution < -0.4 is 5.11 Å². The predicted molar refractivity (Wildman–Crippen MR) is 106 cm³/mol. The predicted octanol–water partition coefficient (Wildman–Crippen LogP) is 1.77. The summed E-state index contributed by atoms with van der Waals surface area (Å²) < 4.78 is 15.9. The Morgan fingerprint density at radius 1 is 0.839 bits per heavy atom. The van der Waals surface area contributed by atoms with Crippen LogP contribution >= 0.6 is 0 Å². The molecule has 0 aromatic heterocycles. The molecule has 0 radical (unpaired) electrons. The van der Waals surface area contributed by atoms with Gasteiger partial charge in [-0.3, -0.25) is 4.79 Å². The number of aliphatic carboxylic acids is 1. The van der Waals surface area contributed by atoms with E-state index in [4.69, 9.17) is 14.2 Å². The summed E-state index contributed by atoms with van der Waals surface area (Å²) in [5.41, 5.74) is -3.14. The van der Waals surface area contributed by atoms with E-state index in [0.717, 1.165) is 19.3 Å². The van der Waals surface area contributed by atoms with Crippen molar-refractivity contribution in [1.82, 2.24) is 0 Å². The van der Waals surface area contributed by atoms with Crippen molar-refractivity contribution in [2.75, 3.05) is 0 Å². The lowest BCUT2D eigenvalue weighted by Gasteiger charge is -2.60. The lowest BCUT2D eigenvalue weighted by atomic mass is 9.45. The number of rotatable bonds is 5. The Morgan fingerprint density at radius 2 is 1.29 bits per heavy atom. The highest BCUT2D eigenvalue weighted by Gasteiger charge is 2.61. The fourth-order valence-corrected chi connectivity index (χ4v) is 5.84. The van der Waals surface area contributed by atoms with Crippen LogP contribution in [0.15, 0.2) is 0 Å². The van der Waals surface area contributed by atoms with Gasteiger partial charge in [-0.2, -0.15) is 0 Å². The largest absolute Gasteiger partial charge is 0.550 e. The topological polar surface area (TPSA) is 119 Å². The molecule has 4 aliphatic carbocycles. The summed E-state index contributed by atoms with van der Waals surface area (Å²) >= 11 is 0. The number of ether oxygens (including phenoxy) is 3. The van der Waals surface area contributed by atoms with Crippen molar-refractivity contribution >= 4 is 23.9 Å². The second kappa shape index (κ2) is 7.78. The van der Waals surface area contributed by atoms with Crippen molar-refractivity contribution in [2.45, 2.75) is 91.0 Å². The molecule has 3 atom stereocenters. The second-order valence-corrected chi connectivity index (χ2v) is 11.4. The van der Waals surface area contributed by atoms with Crippen LogP contribution in [0.2, 0.25) is 0 Å². The molecule has 0 heterocycles. The van der Waals surface area contributed by atoms with E-state index in [1.165, 1.54) is 0 Å². The van der Waals surface area contributed by atoms with Gasteiger partial charge in [-0.05, 0) is 91.4 Å². The smallest absolute Gasteiger partial charge is 0.359 e. The van der Waals surface area contributed by atoms with Gasteiger partial charge in [0.15, 0.2) is 0 Å². The Morgan fingerprint density at radius 3 is 1.68 bits per heavy atom. The molecule has 31 heavy (non-hydrogen) atoms. The molecule has 4 saturated carbocycles. The molecule has 0 spiro atoms. The van der Waals surface area contributed by atoms with Gasteiger partial charge in [-0.1, -0.05) is 0 Å². The van der Waals surface area contributed by atoms with Crippen LogP contribution in [0.3, 0.4) is 0 Å². The van der Waals surface area contributed by atoms with Crippen LogP contribution in [-0.4, -0.2) is 41.2 Å². The number of esters is 3. The molecule has 4 aliphatic rings. The molecule has 174 valence electrons. The Kier molecular flexibility index (Phi) is 5.91. The summed E-state index contributed by atoms with van der Waals surface area (Å²) in [6.07, 6.45) is 1.29. The third-order valence-corrected chi connectivity index (χ3v) is 6.45. The molecule has 0 N–H and O–H groups in total. The Labute approximate surface area is 183 Å². The highest BCUT2D eigenvalue weighted by molar-refractivity contribution is 6.00. The van der Waals surface area contributed by atoms with E-state index in [-0.39, 0.29) is 17.8 Å². The lowest BCUT2D eigenvalue weighted by Crippen LogP contribution is -2.62. The molecule has 4 rings (SSSR count). The number of carbonyl (C=O) groups excluding carboxylic acids is 4. The molecule has 0 aromatic rings. The molecule has 8 nitrogen and oxygen atoms in total. The maximum Gasteiger partial charge on any atom is 0.359 e. The zero-order chi connectivity index (χ0) is 23.4. The molecule has 4 fully saturated rings. The zero-order valence-corrected chi connectivity index (χ0v) is 19.2. The van der Waals surface area contributed by atoms with E-state index in [1.54, 1.807) is 41.5 Å². The molecule has 0 amide bonds. The van der Waals surface area contributed by atoms with Gasteiger partial charge in [-0.25, -0.2) is 9.59 Å². The highest BCUT2D eigenvalue weighted by Crippen LogP contribution is 2.63. The van der Waals surface area contributed by atoms with Crippen LogP contribution in [0.25, 0.3) is 0 Å². The third-order valence-electron chi connectivity index (χ3n) is 6.45. The lowest BCUT2D eigenvalue weighted by molar-refractivity contribution is -0.331. The van der Waals surface area contributed by atoms with E-state index < -0.39 is 52.5 Å². The minimum atomic E-state index is -1.91. The maximum atomic E-state index is 13.3. The summed E-state index contributed by atoms with van der Waals surface area (Å²) in [5.74, 6) is -4.79. The highest BCUT2D eigenvalue weighted by atomic mass is 16.6. The summed E-state index contributed by atoms with van der Waals surface area (Å²) in [6, 6.07) is 0. The van der Waals surface area contributed by atoms with E-state index >= 15 is 0 Å². The SMILES string of the molecule is CC(C)(C)OC(=O)C(OC(=O)C1C2CC3CC(C2)CC1(C(=O)[O-])C3)C(=O)OC(C)(C)C. The number of hydrogen-bond donors (Lipinski definition) is 0. The fraction of sp³-hybridized carbons (Fsp3) is 0.826. The minimum Gasteiger partial charge on any atom is -0.550 e. The van der Waals surface area contributed by atoms with Crippen LogP contribution in [0, 0.1) is 29.1 Å². The molecular weight excluding hydrogens is 404 g/mol. The minimum absolute atomic E-state index is 0.158. The molecule has 0 aliphatic heterocycles. The van der Waals surface area contributed by atoms with Gasteiger partial charge in [0.1, 0.15) is 11.2 Å². The van der Waals surface area contributed by atoms with Crippen molar-refractivity contribution in [2.24, 2.45) is 29.1 Å². The van der Waals surface area contributed by atoms with Gasteiger partial charge in [0.05, 0.1) is 5.92 Å². The van der Waals surface area contributed by atoms with Crippen LogP contribution in [0.1, 0.15) is 73.6 Å². The summed E-state index contributed by atoms with van der Waals surface area (Å²) in [6.45, 7) is 9.76. The Bertz CT molecular complexity index is 729. The van der Waals surface area contributed by atoms with Gasteiger partial charge >= 0.3 is 17.9 Å². The third kappa shape index (κ3) is 4.88. The first-order chi connectivity index (χ1) is 14.1. The zero-order valence-electron chi connectivity index (χ0n) is 19.2. The van der Waals surface area contributed by atoms with Gasteiger partial charge in [0, 0.05) is 11.4 Å². The van der Waals surface area contributed by atoms with Crippen LogP contribution in [0.4, 0.5) is 0 Å². The molecule has 4 bridgehead atoms. The van der Waals surface area contributed by atoms with Crippen molar-refractivity contribution in [3.8, 4) is 0 Å². The quantitative estimate of drug-likeness (QED) is 0.363. The van der Waals surface area contributed by atoms with Crippen molar-refractivity contribution < 1.29 is 38.5 Å². The second-order valence-electron chi connectivity index (χ2n) is 11.4. The first-order valence-electron chi connectivity index (χ1n) is 11.0. The van der Waals surface area contributed by atoms with Gasteiger partial charge in [0.2, 0.25) is 0 Å². The van der Waals surface area contributed by atoms with Crippen LogP contribution in [0.5, 0.6) is 0 Å². The Balaban J connectivity index is 1.86. The van der Waals surface area contributed by atoms with E-state index in [0.29, 0.717) is 12.8 Å². The van der Waals surface area contributed by atoms with Crippen molar-refractivity contribution in [1.29, 1.82) is 0 Å². The molecule has 0 aromatic carbocycles. The van der Waals surface area contributed by atoms with Crippen molar-refractivity contribution in [3.05, 3.63) is 0 Å². The first-order valence-corrected chi connectivity index (χ1v) is 11.0. The summed E-state index contributed by atoms with van der Waals surface area (Å²) in [7, 11) is 0. The Hall–Kier alpha value is -2.12. The van der Waals surface area contributed by atoms with E-state index in [2.05, 4.69) is 0 Å². The number of carboxylic acids is 1. The van der Waals surface area contributed by atoms with Crippen molar-refractivity contribution in [3.63, 3.8) is 0 Å². The maximum absolute atomic E-state index is 13.3. The monoisotopic (exact) mass is 437 g/mol. The normalized spacial score (nSPS) is 32.0. The fourth-order valence-electron chi connectivity index (χ4n) is 5.84. The molecule has 0 saturated heterocycles. The van der Waals surface area contributed by atoms with Gasteiger partial charge < -0.3 is 24.1 Å². The number of carbonyl (C=O) groups is 4. The van der Waals surface area contributed by atoms with E-state index in [1.807, 2.05) is 0 Å². The standard InChI is InChI=1S/C23H34O8/c1-21(2,3)30-18(25)16(19(26)31-22(4,5)6)29-17(24)15-14-8-12-7-13(9-14)11-23(15,10-12)20(27)28/h12-16H,7-11H2,1-6H3,(H,27,28)/p-1. The average Bonchev–Trinajstić information content (AvgIpc) is 2.55. The molecule has 3 unspecified atom stereocenters. The first kappa shape index (κ1) is 23.5. The molecular formula is C23H33O8-. The average molecular weight is 438 g/mol. The molecule has 8 heteroatoms. The van der Waals surface area contributed by atoms with Crippen LogP contribution in [-0.2, 0) is 33.4 Å². The summed E-state index contributed by atoms with van der Waals surface area (Å²) in [5, 5.41) is 12.2. The van der Waals surface area contributed by atoms with Gasteiger partial charge in [0.25, 0.3) is 6.10 Å². The van der Waals surface area contributed by atoms with E-state index in [9.17, 15) is 24.3 Å². The number of hydrogen-bond acceptors (Lipinski definition) is 8. The number of carboxylic acid groups (broad SMARTS) is 1.